The van der Waals surface area contributed by atoms with Crippen LogP contribution in [0.15, 0.2) is 69.9 Å². The van der Waals surface area contributed by atoms with Crippen molar-refractivity contribution in [3.63, 3.8) is 0 Å². The molecule has 2 aliphatic heterocycles. The van der Waals surface area contributed by atoms with Crippen LogP contribution in [0.2, 0.25) is 0 Å². The molecule has 2 fully saturated rings. The Morgan fingerprint density at radius 1 is 0.768 bits per heavy atom. The highest BCUT2D eigenvalue weighted by atomic mass is 16.8. The lowest BCUT2D eigenvalue weighted by Gasteiger charge is -2.46. The van der Waals surface area contributed by atoms with Gasteiger partial charge in [-0.2, -0.15) is 0 Å². The monoisotopic (exact) mass is 786 g/mol. The van der Waals surface area contributed by atoms with Gasteiger partial charge in [0.1, 0.15) is 64.8 Å². The van der Waals surface area contributed by atoms with E-state index in [9.17, 15) is 60.7 Å². The van der Waals surface area contributed by atoms with E-state index in [0.29, 0.717) is 5.56 Å². The van der Waals surface area contributed by atoms with Gasteiger partial charge in [0.2, 0.25) is 17.5 Å². The summed E-state index contributed by atoms with van der Waals surface area (Å²) in [5.41, 5.74) is -0.815. The van der Waals surface area contributed by atoms with Gasteiger partial charge >= 0.3 is 5.97 Å². The van der Waals surface area contributed by atoms with Gasteiger partial charge in [0, 0.05) is 23.8 Å². The van der Waals surface area contributed by atoms with Gasteiger partial charge in [0.05, 0.1) is 20.3 Å². The molecule has 0 saturated carbocycles. The van der Waals surface area contributed by atoms with Gasteiger partial charge in [0.25, 0.3) is 0 Å². The average molecular weight is 787 g/mol. The second kappa shape index (κ2) is 16.7. The second-order valence-corrected chi connectivity index (χ2v) is 12.8. The summed E-state index contributed by atoms with van der Waals surface area (Å²) in [6.07, 6.45) is -16.4. The number of aromatic hydroxyl groups is 4. The van der Waals surface area contributed by atoms with Crippen molar-refractivity contribution in [1.29, 1.82) is 0 Å². The summed E-state index contributed by atoms with van der Waals surface area (Å²) >= 11 is 0. The van der Waals surface area contributed by atoms with Crippen LogP contribution in [-0.2, 0) is 23.7 Å². The molecule has 2 saturated heterocycles. The van der Waals surface area contributed by atoms with Gasteiger partial charge in [0.15, 0.2) is 35.8 Å². The minimum absolute atomic E-state index is 0.103. The molecule has 0 radical (unpaired) electrons. The topological polar surface area (TPSA) is 305 Å². The highest BCUT2D eigenvalue weighted by molar-refractivity contribution is 5.88. The van der Waals surface area contributed by atoms with Crippen molar-refractivity contribution < 1.29 is 88.7 Å². The molecule has 300 valence electrons. The van der Waals surface area contributed by atoms with Crippen molar-refractivity contribution in [3.8, 4) is 45.8 Å². The molecule has 5 unspecified atom stereocenters. The Morgan fingerprint density at radius 2 is 1.41 bits per heavy atom. The number of phenols is 4. The first kappa shape index (κ1) is 40.2. The summed E-state index contributed by atoms with van der Waals surface area (Å²) in [6.45, 7) is -1.77. The molecule has 3 heterocycles. The standard InChI is InChI=1S/C37H38O19/c1-50-21-10-15(2-8-19(21)42)3-9-25(44)54-34-30(48)27(45)23(13-38)52-36(34)56-35-31(49)28(46)24(14-39)53-37(35)55-33-29(47)26-20(43)11-18(41)12-22(26)51-32(33)16-4-6-17(40)7-5-16/h2-12,23-24,27-28,30-31,34-43,45-46,48-49H,13-14H2,1H3/b9-3+/t23?,24?,27-,28-,30?,31+,34?,35?,36+,37+/m1/s1. The molecule has 2 aliphatic rings. The van der Waals surface area contributed by atoms with E-state index in [1.807, 2.05) is 0 Å². The molecule has 0 spiro atoms. The van der Waals surface area contributed by atoms with Gasteiger partial charge < -0.3 is 83.9 Å². The number of carbonyl (C=O) groups excluding carboxylic acids is 1. The number of esters is 1. The third-order valence-corrected chi connectivity index (χ3v) is 9.09. The summed E-state index contributed by atoms with van der Waals surface area (Å²) in [7, 11) is 1.32. The first-order valence-corrected chi connectivity index (χ1v) is 16.9. The van der Waals surface area contributed by atoms with E-state index >= 15 is 0 Å². The Bertz CT molecular complexity index is 2120. The minimum Gasteiger partial charge on any atom is -0.508 e. The number of hydrogen-bond acceptors (Lipinski definition) is 19. The maximum Gasteiger partial charge on any atom is 0.331 e. The van der Waals surface area contributed by atoms with Crippen LogP contribution in [0.3, 0.4) is 0 Å². The van der Waals surface area contributed by atoms with Gasteiger partial charge in [-0.15, -0.1) is 0 Å². The van der Waals surface area contributed by atoms with Gasteiger partial charge in [-0.05, 0) is 48.0 Å². The maximum absolute atomic E-state index is 14.0. The summed E-state index contributed by atoms with van der Waals surface area (Å²) in [5, 5.41) is 104. The zero-order valence-corrected chi connectivity index (χ0v) is 29.2. The van der Waals surface area contributed by atoms with Crippen LogP contribution < -0.4 is 14.9 Å². The number of carbonyl (C=O) groups is 1. The highest BCUT2D eigenvalue weighted by Gasteiger charge is 2.53. The number of phenolic OH excluding ortho intramolecular Hbond substituents is 4. The van der Waals surface area contributed by atoms with Crippen molar-refractivity contribution in [2.45, 2.75) is 61.4 Å². The summed E-state index contributed by atoms with van der Waals surface area (Å²) in [4.78, 5) is 27.0. The van der Waals surface area contributed by atoms with Gasteiger partial charge in [-0.1, -0.05) is 6.07 Å². The molecule has 56 heavy (non-hydrogen) atoms. The molecule has 1 aromatic heterocycles. The Morgan fingerprint density at radius 3 is 2.05 bits per heavy atom. The number of benzene rings is 3. The number of hydrogen-bond donors (Lipinski definition) is 10. The number of rotatable bonds is 11. The molecule has 0 bridgehead atoms. The SMILES string of the molecule is COc1cc(/C=C/C(=O)OC2C(O)[C@H](O)C(CO)O[C@H]2OC2[C@H](Oc3c(-c4ccc(O)cc4)oc4cc(O)cc(O)c4c3=O)OC(CO)[C@@H](O)[C@@H]2O)ccc1O. The number of aliphatic hydroxyl groups excluding tert-OH is 6. The Kier molecular flexibility index (Phi) is 12.0. The number of methoxy groups -OCH3 is 1. The van der Waals surface area contributed by atoms with E-state index in [-0.39, 0.29) is 34.2 Å². The average Bonchev–Trinajstić information content (AvgIpc) is 3.17. The van der Waals surface area contributed by atoms with Gasteiger partial charge in [-0.3, -0.25) is 4.79 Å². The summed E-state index contributed by atoms with van der Waals surface area (Å²) in [5.74, 6) is -3.52. The second-order valence-electron chi connectivity index (χ2n) is 12.8. The normalized spacial score (nSPS) is 28.0. The zero-order valence-electron chi connectivity index (χ0n) is 29.2. The Labute approximate surface area is 315 Å². The molecule has 10 N–H and O–H groups in total. The van der Waals surface area contributed by atoms with Crippen LogP contribution in [0.4, 0.5) is 0 Å². The largest absolute Gasteiger partial charge is 0.508 e. The molecular formula is C37H38O19. The van der Waals surface area contributed by atoms with Crippen molar-refractivity contribution in [2.75, 3.05) is 20.3 Å². The van der Waals surface area contributed by atoms with E-state index in [2.05, 4.69) is 0 Å². The van der Waals surface area contributed by atoms with Crippen LogP contribution in [0.5, 0.6) is 34.5 Å². The number of aliphatic hydroxyl groups is 6. The van der Waals surface area contributed by atoms with E-state index in [0.717, 1.165) is 18.2 Å². The molecule has 10 atom stereocenters. The quantitative estimate of drug-likeness (QED) is 0.0680. The van der Waals surface area contributed by atoms with Crippen LogP contribution >= 0.6 is 0 Å². The highest BCUT2D eigenvalue weighted by Crippen LogP contribution is 2.39. The molecule has 0 aliphatic carbocycles. The van der Waals surface area contributed by atoms with E-state index in [4.69, 9.17) is 32.8 Å². The zero-order chi connectivity index (χ0) is 40.4. The van der Waals surface area contributed by atoms with E-state index in [1.165, 1.54) is 55.7 Å². The third kappa shape index (κ3) is 8.07. The van der Waals surface area contributed by atoms with E-state index < -0.39 is 109 Å². The summed E-state index contributed by atoms with van der Waals surface area (Å²) < 4.78 is 39.7. The van der Waals surface area contributed by atoms with Gasteiger partial charge in [-0.25, -0.2) is 4.79 Å². The lowest BCUT2D eigenvalue weighted by Crippen LogP contribution is -2.65. The molecule has 6 rings (SSSR count). The molecule has 4 aromatic rings. The van der Waals surface area contributed by atoms with Crippen LogP contribution in [0, 0.1) is 0 Å². The lowest BCUT2D eigenvalue weighted by atomic mass is 9.97. The van der Waals surface area contributed by atoms with Crippen LogP contribution in [0.25, 0.3) is 28.4 Å². The fourth-order valence-corrected chi connectivity index (χ4v) is 6.17. The maximum atomic E-state index is 14.0. The predicted octanol–water partition coefficient (Wildman–Crippen LogP) is -0.442. The minimum atomic E-state index is -2.04. The molecule has 0 amide bonds. The fraction of sp³-hybridized carbons (Fsp3) is 0.351. The smallest absolute Gasteiger partial charge is 0.331 e. The van der Waals surface area contributed by atoms with Crippen LogP contribution in [0.1, 0.15) is 5.56 Å². The van der Waals surface area contributed by atoms with Crippen molar-refractivity contribution in [2.24, 2.45) is 0 Å². The molecule has 3 aromatic carbocycles. The van der Waals surface area contributed by atoms with Crippen molar-refractivity contribution >= 4 is 23.0 Å². The number of ether oxygens (including phenoxy) is 6. The van der Waals surface area contributed by atoms with E-state index in [1.54, 1.807) is 0 Å². The molecule has 19 nitrogen and oxygen atoms in total. The Balaban J connectivity index is 1.37. The third-order valence-electron chi connectivity index (χ3n) is 9.09. The van der Waals surface area contributed by atoms with Crippen LogP contribution in [-0.4, -0.2) is 139 Å². The van der Waals surface area contributed by atoms with Crippen molar-refractivity contribution in [3.05, 3.63) is 76.5 Å². The fourth-order valence-electron chi connectivity index (χ4n) is 6.17. The first-order chi connectivity index (χ1) is 26.7. The first-order valence-electron chi connectivity index (χ1n) is 16.9. The summed E-state index contributed by atoms with van der Waals surface area (Å²) in [6, 6.07) is 11.3. The molecular weight excluding hydrogens is 748 g/mol. The Hall–Kier alpha value is -5.48. The lowest BCUT2D eigenvalue weighted by molar-refractivity contribution is -0.358. The molecule has 19 heteroatoms. The predicted molar refractivity (Wildman–Crippen MR) is 188 cm³/mol. The number of fused-ring (bicyclic) bond motifs is 1. The van der Waals surface area contributed by atoms with Crippen molar-refractivity contribution in [1.82, 2.24) is 0 Å².